The predicted octanol–water partition coefficient (Wildman–Crippen LogP) is 4.22. The van der Waals surface area contributed by atoms with Crippen LogP contribution in [0.15, 0.2) is 77.5 Å². The molecular formula is C19H16N6O. The van der Waals surface area contributed by atoms with Gasteiger partial charge in [0.2, 0.25) is 5.82 Å². The van der Waals surface area contributed by atoms with E-state index in [1.807, 2.05) is 54.6 Å². The largest absolute Gasteiger partial charge is 0.489 e. The second-order valence-corrected chi connectivity index (χ2v) is 5.62. The maximum atomic E-state index is 5.78. The molecule has 7 nitrogen and oxygen atoms in total. The molecule has 0 fully saturated rings. The topological polar surface area (TPSA) is 88.4 Å². The van der Waals surface area contributed by atoms with E-state index >= 15 is 0 Å². The van der Waals surface area contributed by atoms with Gasteiger partial charge in [0, 0.05) is 0 Å². The Balaban J connectivity index is 1.36. The summed E-state index contributed by atoms with van der Waals surface area (Å²) in [5, 5.41) is 8.38. The Morgan fingerprint density at radius 3 is 2.58 bits per heavy atom. The van der Waals surface area contributed by atoms with Crippen molar-refractivity contribution in [2.24, 2.45) is 10.2 Å². The van der Waals surface area contributed by atoms with Crippen molar-refractivity contribution in [3.63, 3.8) is 0 Å². The van der Waals surface area contributed by atoms with Crippen molar-refractivity contribution >= 4 is 17.0 Å². The van der Waals surface area contributed by atoms with Gasteiger partial charge in [-0.05, 0) is 23.3 Å². The summed E-state index contributed by atoms with van der Waals surface area (Å²) in [4.78, 5) is 15.2. The van der Waals surface area contributed by atoms with E-state index in [4.69, 9.17) is 4.74 Å². The lowest BCUT2D eigenvalue weighted by atomic mass is 10.2. The van der Waals surface area contributed by atoms with Gasteiger partial charge in [-0.1, -0.05) is 42.5 Å². The van der Waals surface area contributed by atoms with E-state index in [0.29, 0.717) is 30.1 Å². The summed E-state index contributed by atoms with van der Waals surface area (Å²) in [6, 6.07) is 17.9. The van der Waals surface area contributed by atoms with Crippen LogP contribution in [0.5, 0.6) is 5.75 Å². The monoisotopic (exact) mass is 344 g/mol. The summed E-state index contributed by atoms with van der Waals surface area (Å²) in [5.41, 5.74) is 3.44. The molecule has 1 N–H and O–H groups in total. The number of hydrogen-bond acceptors (Lipinski definition) is 6. The lowest BCUT2D eigenvalue weighted by Crippen LogP contribution is -1.94. The fourth-order valence-corrected chi connectivity index (χ4v) is 2.44. The van der Waals surface area contributed by atoms with Crippen molar-refractivity contribution in [2.45, 2.75) is 13.2 Å². The molecule has 128 valence electrons. The first kappa shape index (κ1) is 15.9. The molecule has 0 radical (unpaired) electrons. The van der Waals surface area contributed by atoms with Gasteiger partial charge in [-0.25, -0.2) is 15.0 Å². The maximum Gasteiger partial charge on any atom is 0.203 e. The number of nitrogens with zero attached hydrogens (tertiary/aromatic N) is 5. The van der Waals surface area contributed by atoms with Gasteiger partial charge < -0.3 is 9.72 Å². The van der Waals surface area contributed by atoms with E-state index < -0.39 is 0 Å². The number of rotatable bonds is 6. The van der Waals surface area contributed by atoms with Crippen LogP contribution in [0.3, 0.4) is 0 Å². The smallest absolute Gasteiger partial charge is 0.203 e. The van der Waals surface area contributed by atoms with Crippen LogP contribution in [0.2, 0.25) is 0 Å². The third kappa shape index (κ3) is 3.72. The Hall–Kier alpha value is -3.61. The zero-order valence-corrected chi connectivity index (χ0v) is 13.9. The van der Waals surface area contributed by atoms with Crippen LogP contribution in [0.1, 0.15) is 11.1 Å². The maximum absolute atomic E-state index is 5.78. The van der Waals surface area contributed by atoms with Crippen LogP contribution >= 0.6 is 0 Å². The zero-order chi connectivity index (χ0) is 17.6. The molecule has 0 unspecified atom stereocenters. The quantitative estimate of drug-likeness (QED) is 0.531. The molecule has 0 spiro atoms. The number of ether oxygens (including phenoxy) is 1. The molecule has 0 saturated carbocycles. The number of hydrogen-bond donors (Lipinski definition) is 1. The first-order chi connectivity index (χ1) is 12.9. The Kier molecular flexibility index (Phi) is 4.60. The number of benzene rings is 2. The lowest BCUT2D eigenvalue weighted by Gasteiger charge is -2.06. The molecule has 0 saturated heterocycles. The van der Waals surface area contributed by atoms with Crippen LogP contribution in [-0.4, -0.2) is 19.9 Å². The second-order valence-electron chi connectivity index (χ2n) is 5.62. The number of aromatic amines is 1. The van der Waals surface area contributed by atoms with Gasteiger partial charge in [0.15, 0.2) is 5.65 Å². The summed E-state index contributed by atoms with van der Waals surface area (Å²) >= 11 is 0. The third-order valence-electron chi connectivity index (χ3n) is 3.79. The van der Waals surface area contributed by atoms with E-state index in [9.17, 15) is 0 Å². The predicted molar refractivity (Wildman–Crippen MR) is 97.1 cm³/mol. The van der Waals surface area contributed by atoms with Crippen molar-refractivity contribution in [1.82, 2.24) is 19.9 Å². The molecule has 0 aliphatic heterocycles. The molecule has 0 bridgehead atoms. The Labute approximate surface area is 149 Å². The van der Waals surface area contributed by atoms with Gasteiger partial charge in [0.25, 0.3) is 0 Å². The number of aromatic nitrogens is 4. The molecule has 0 amide bonds. The fourth-order valence-electron chi connectivity index (χ4n) is 2.44. The van der Waals surface area contributed by atoms with Crippen molar-refractivity contribution in [1.29, 1.82) is 0 Å². The van der Waals surface area contributed by atoms with E-state index in [1.54, 1.807) is 6.33 Å². The third-order valence-corrected chi connectivity index (χ3v) is 3.79. The number of H-pyrrole nitrogens is 1. The van der Waals surface area contributed by atoms with Gasteiger partial charge in [-0.3, -0.25) is 0 Å². The fraction of sp³-hybridized carbons (Fsp3) is 0.105. The van der Waals surface area contributed by atoms with Gasteiger partial charge in [0.1, 0.15) is 24.2 Å². The minimum atomic E-state index is 0.457. The standard InChI is InChI=1S/C19H16N6O/c1-2-4-15(5-3-1)11-26-16-8-6-14(7-9-16)10-24-25-19-17-18(21-12-20-17)22-13-23-19/h1-9,12-13H,10-11H2,(H,20,21,22,23). The van der Waals surface area contributed by atoms with Gasteiger partial charge >= 0.3 is 0 Å². The molecule has 2 aromatic heterocycles. The average Bonchev–Trinajstić information content (AvgIpc) is 3.18. The molecule has 4 rings (SSSR count). The number of imidazole rings is 1. The minimum absolute atomic E-state index is 0.457. The highest BCUT2D eigenvalue weighted by atomic mass is 16.5. The molecule has 4 aromatic rings. The molecule has 0 atom stereocenters. The lowest BCUT2D eigenvalue weighted by molar-refractivity contribution is 0.306. The molecule has 7 heteroatoms. The van der Waals surface area contributed by atoms with Gasteiger partial charge in [-0.2, -0.15) is 5.11 Å². The molecule has 2 aromatic carbocycles. The molecule has 2 heterocycles. The van der Waals surface area contributed by atoms with Crippen LogP contribution < -0.4 is 4.74 Å². The highest BCUT2D eigenvalue weighted by Gasteiger charge is 2.04. The Morgan fingerprint density at radius 1 is 0.885 bits per heavy atom. The number of fused-ring (bicyclic) bond motifs is 1. The highest BCUT2D eigenvalue weighted by molar-refractivity contribution is 5.79. The molecular weight excluding hydrogens is 328 g/mol. The van der Waals surface area contributed by atoms with Crippen LogP contribution in [0, 0.1) is 0 Å². The Morgan fingerprint density at radius 2 is 1.73 bits per heavy atom. The van der Waals surface area contributed by atoms with E-state index in [-0.39, 0.29) is 0 Å². The first-order valence-electron chi connectivity index (χ1n) is 8.16. The van der Waals surface area contributed by atoms with Crippen molar-refractivity contribution in [3.05, 3.63) is 78.4 Å². The van der Waals surface area contributed by atoms with Crippen molar-refractivity contribution in [2.75, 3.05) is 0 Å². The molecule has 0 aliphatic carbocycles. The average molecular weight is 344 g/mol. The number of nitrogens with one attached hydrogen (secondary N) is 1. The summed E-state index contributed by atoms with van der Waals surface area (Å²) in [7, 11) is 0. The van der Waals surface area contributed by atoms with Crippen LogP contribution in [-0.2, 0) is 13.2 Å². The zero-order valence-electron chi connectivity index (χ0n) is 13.9. The first-order valence-corrected chi connectivity index (χ1v) is 8.16. The number of azo groups is 1. The second kappa shape index (κ2) is 7.52. The van der Waals surface area contributed by atoms with Crippen LogP contribution in [0.4, 0.5) is 5.82 Å². The molecule has 0 aliphatic rings. The summed E-state index contributed by atoms with van der Waals surface area (Å²) < 4.78 is 5.78. The Bertz CT molecular complexity index is 1010. The minimum Gasteiger partial charge on any atom is -0.489 e. The summed E-state index contributed by atoms with van der Waals surface area (Å²) in [6.45, 7) is 1.01. The van der Waals surface area contributed by atoms with Gasteiger partial charge in [-0.15, -0.1) is 5.11 Å². The van der Waals surface area contributed by atoms with Crippen molar-refractivity contribution < 1.29 is 4.74 Å². The SMILES string of the molecule is c1ccc(COc2ccc(CN=Nc3ncnc4nc[nH]c34)cc2)cc1. The van der Waals surface area contributed by atoms with E-state index in [0.717, 1.165) is 16.9 Å². The molecule has 26 heavy (non-hydrogen) atoms. The van der Waals surface area contributed by atoms with E-state index in [1.165, 1.54) is 6.33 Å². The summed E-state index contributed by atoms with van der Waals surface area (Å²) in [6.07, 6.45) is 2.99. The van der Waals surface area contributed by atoms with Crippen LogP contribution in [0.25, 0.3) is 11.2 Å². The van der Waals surface area contributed by atoms with Crippen molar-refractivity contribution in [3.8, 4) is 5.75 Å². The normalized spacial score (nSPS) is 11.2. The van der Waals surface area contributed by atoms with Gasteiger partial charge in [0.05, 0.1) is 12.9 Å². The van der Waals surface area contributed by atoms with E-state index in [2.05, 4.69) is 30.2 Å². The highest BCUT2D eigenvalue weighted by Crippen LogP contribution is 2.19. The summed E-state index contributed by atoms with van der Waals surface area (Å²) in [5.74, 6) is 1.31.